The maximum absolute atomic E-state index is 9.49. The van der Waals surface area contributed by atoms with Gasteiger partial charge in [-0.2, -0.15) is 10.2 Å². The minimum atomic E-state index is -1.11. The van der Waals surface area contributed by atoms with Crippen molar-refractivity contribution in [1.82, 2.24) is 10.1 Å². The van der Waals surface area contributed by atoms with Crippen LogP contribution in [0.3, 0.4) is 0 Å². The fourth-order valence-electron chi connectivity index (χ4n) is 3.27. The number of ether oxygens (including phenoxy) is 3. The molecular weight excluding hydrogens is 446 g/mol. The average Bonchev–Trinajstić information content (AvgIpc) is 3.28. The van der Waals surface area contributed by atoms with Gasteiger partial charge in [0, 0.05) is 25.8 Å². The van der Waals surface area contributed by atoms with Gasteiger partial charge in [-0.15, -0.1) is 0 Å². The first-order valence-corrected chi connectivity index (χ1v) is 15.3. The Hall–Kier alpha value is -3.15. The number of nitriles is 1. The van der Waals surface area contributed by atoms with Gasteiger partial charge >= 0.3 is 0 Å². The van der Waals surface area contributed by atoms with E-state index in [4.69, 9.17) is 18.7 Å². The Kier molecular flexibility index (Phi) is 8.48. The minimum absolute atomic E-state index is 0.0240. The van der Waals surface area contributed by atoms with Crippen LogP contribution in [-0.2, 0) is 11.2 Å². The normalized spacial score (nSPS) is 11.5. The summed E-state index contributed by atoms with van der Waals surface area (Å²) in [5.74, 6) is 2.12. The van der Waals surface area contributed by atoms with Crippen LogP contribution in [0, 0.1) is 11.3 Å². The van der Waals surface area contributed by atoms with Crippen molar-refractivity contribution in [2.75, 3.05) is 13.4 Å². The first-order chi connectivity index (χ1) is 16.2. The molecule has 8 heteroatoms. The van der Waals surface area contributed by atoms with E-state index in [1.807, 2.05) is 38.1 Å². The largest absolute Gasteiger partial charge is 0.490 e. The van der Waals surface area contributed by atoms with Gasteiger partial charge in [-0.1, -0.05) is 31.7 Å². The molecular formula is C26H33N3O4Si. The molecule has 0 radical (unpaired) electrons. The van der Waals surface area contributed by atoms with Crippen LogP contribution in [-0.4, -0.2) is 37.7 Å². The Labute approximate surface area is 202 Å². The summed E-state index contributed by atoms with van der Waals surface area (Å²) >= 11 is 0. The van der Waals surface area contributed by atoms with Gasteiger partial charge in [0.05, 0.1) is 11.7 Å². The number of nitrogens with zero attached hydrogens (tertiary/aromatic N) is 3. The zero-order valence-corrected chi connectivity index (χ0v) is 21.8. The Morgan fingerprint density at radius 3 is 2.59 bits per heavy atom. The highest BCUT2D eigenvalue weighted by molar-refractivity contribution is 6.76. The van der Waals surface area contributed by atoms with Crippen molar-refractivity contribution in [2.45, 2.75) is 59.0 Å². The molecule has 0 aliphatic carbocycles. The third-order valence-corrected chi connectivity index (χ3v) is 6.84. The Bertz CT molecular complexity index is 1150. The fraction of sp³-hybridized carbons (Fsp3) is 0.423. The number of hydrogen-bond acceptors (Lipinski definition) is 7. The van der Waals surface area contributed by atoms with Gasteiger partial charge in [0.2, 0.25) is 5.82 Å². The second-order valence-corrected chi connectivity index (χ2v) is 15.2. The molecule has 180 valence electrons. The third-order valence-electron chi connectivity index (χ3n) is 5.14. The highest BCUT2D eigenvalue weighted by Gasteiger charge is 2.16. The summed E-state index contributed by atoms with van der Waals surface area (Å²) in [7, 11) is -1.11. The van der Waals surface area contributed by atoms with E-state index < -0.39 is 8.07 Å². The lowest BCUT2D eigenvalue weighted by Gasteiger charge is -2.15. The van der Waals surface area contributed by atoms with E-state index in [1.165, 1.54) is 0 Å². The molecule has 2 aromatic carbocycles. The molecule has 0 unspecified atom stereocenters. The number of hydrogen-bond donors (Lipinski definition) is 0. The van der Waals surface area contributed by atoms with Crippen LogP contribution in [0.1, 0.15) is 31.9 Å². The molecule has 34 heavy (non-hydrogen) atoms. The van der Waals surface area contributed by atoms with Crippen LogP contribution in [0.25, 0.3) is 22.8 Å². The van der Waals surface area contributed by atoms with Crippen molar-refractivity contribution in [3.05, 3.63) is 47.5 Å². The molecule has 1 aromatic heterocycles. The Morgan fingerprint density at radius 2 is 1.91 bits per heavy atom. The summed E-state index contributed by atoms with van der Waals surface area (Å²) in [6.07, 6.45) is 0.760. The van der Waals surface area contributed by atoms with Crippen LogP contribution < -0.4 is 9.47 Å². The summed E-state index contributed by atoms with van der Waals surface area (Å²) in [6, 6.07) is 14.4. The molecule has 0 N–H and O–H groups in total. The van der Waals surface area contributed by atoms with E-state index in [1.54, 1.807) is 12.1 Å². The first-order valence-electron chi connectivity index (χ1n) is 11.6. The Morgan fingerprint density at radius 1 is 1.12 bits per heavy atom. The summed E-state index contributed by atoms with van der Waals surface area (Å²) in [6.45, 7) is 13.8. The number of benzene rings is 2. The molecule has 0 aliphatic rings. The molecule has 7 nitrogen and oxygen atoms in total. The average molecular weight is 480 g/mol. The van der Waals surface area contributed by atoms with Gasteiger partial charge in [-0.05, 0) is 68.3 Å². The highest BCUT2D eigenvalue weighted by Crippen LogP contribution is 2.30. The van der Waals surface area contributed by atoms with Gasteiger partial charge in [0.25, 0.3) is 5.89 Å². The maximum atomic E-state index is 9.49. The van der Waals surface area contributed by atoms with E-state index >= 15 is 0 Å². The molecule has 0 spiro atoms. The Balaban J connectivity index is 1.73. The molecule has 1 heterocycles. The van der Waals surface area contributed by atoms with Gasteiger partial charge < -0.3 is 18.7 Å². The zero-order chi connectivity index (χ0) is 24.7. The molecule has 0 amide bonds. The van der Waals surface area contributed by atoms with Crippen molar-refractivity contribution < 1.29 is 18.7 Å². The van der Waals surface area contributed by atoms with Crippen LogP contribution in [0.2, 0.25) is 25.7 Å². The van der Waals surface area contributed by atoms with Gasteiger partial charge in [-0.25, -0.2) is 0 Å². The van der Waals surface area contributed by atoms with Crippen molar-refractivity contribution in [3.8, 4) is 40.4 Å². The molecule has 0 saturated heterocycles. The lowest BCUT2D eigenvalue weighted by atomic mass is 10.0. The summed E-state index contributed by atoms with van der Waals surface area (Å²) < 4.78 is 22.6. The van der Waals surface area contributed by atoms with Crippen molar-refractivity contribution in [2.24, 2.45) is 0 Å². The molecule has 0 saturated carbocycles. The lowest BCUT2D eigenvalue weighted by Crippen LogP contribution is -2.22. The topological polar surface area (TPSA) is 90.4 Å². The maximum Gasteiger partial charge on any atom is 0.258 e. The quantitative estimate of drug-likeness (QED) is 0.181. The first kappa shape index (κ1) is 25.5. The second kappa shape index (κ2) is 11.3. The monoisotopic (exact) mass is 479 g/mol. The smallest absolute Gasteiger partial charge is 0.258 e. The van der Waals surface area contributed by atoms with Crippen LogP contribution >= 0.6 is 0 Å². The number of rotatable bonds is 11. The van der Waals surface area contributed by atoms with Crippen LogP contribution in [0.15, 0.2) is 40.9 Å². The molecule has 0 atom stereocenters. The molecule has 3 aromatic rings. The standard InChI is InChI=1S/C26H33N3O4Si/c1-7-19-15-22(31-17-30-12-13-34(4,5)6)9-10-23(19)25-28-26(33-29-25)20-8-11-24(32-18(2)3)21(14-20)16-27/h8-11,14-15,18H,7,12-13,17H2,1-6H3. The van der Waals surface area contributed by atoms with Gasteiger partial charge in [-0.3, -0.25) is 0 Å². The fourth-order valence-corrected chi connectivity index (χ4v) is 4.03. The number of aryl methyl sites for hydroxylation is 1. The number of aromatic nitrogens is 2. The molecule has 3 rings (SSSR count). The third kappa shape index (κ3) is 6.92. The van der Waals surface area contributed by atoms with Crippen LogP contribution in [0.4, 0.5) is 0 Å². The van der Waals surface area contributed by atoms with E-state index in [2.05, 4.69) is 42.8 Å². The van der Waals surface area contributed by atoms with E-state index in [0.717, 1.165) is 35.9 Å². The zero-order valence-electron chi connectivity index (χ0n) is 20.8. The van der Waals surface area contributed by atoms with Gasteiger partial charge in [0.15, 0.2) is 6.79 Å². The second-order valence-electron chi connectivity index (χ2n) is 9.57. The molecule has 0 fully saturated rings. The van der Waals surface area contributed by atoms with E-state index in [9.17, 15) is 5.26 Å². The summed E-state index contributed by atoms with van der Waals surface area (Å²) in [5.41, 5.74) is 3.02. The van der Waals surface area contributed by atoms with Crippen molar-refractivity contribution in [1.29, 1.82) is 5.26 Å². The van der Waals surface area contributed by atoms with Crippen molar-refractivity contribution >= 4 is 8.07 Å². The van der Waals surface area contributed by atoms with E-state index in [0.29, 0.717) is 28.6 Å². The molecule has 0 aliphatic heterocycles. The van der Waals surface area contributed by atoms with Crippen LogP contribution in [0.5, 0.6) is 11.5 Å². The molecule has 0 bridgehead atoms. The van der Waals surface area contributed by atoms with Gasteiger partial charge in [0.1, 0.15) is 17.6 Å². The summed E-state index contributed by atoms with van der Waals surface area (Å²) in [4.78, 5) is 4.57. The van der Waals surface area contributed by atoms with E-state index in [-0.39, 0.29) is 12.9 Å². The lowest BCUT2D eigenvalue weighted by molar-refractivity contribution is 0.0220. The predicted molar refractivity (Wildman–Crippen MR) is 135 cm³/mol. The highest BCUT2D eigenvalue weighted by atomic mass is 28.3. The van der Waals surface area contributed by atoms with Crippen molar-refractivity contribution in [3.63, 3.8) is 0 Å². The minimum Gasteiger partial charge on any atom is -0.490 e. The SMILES string of the molecule is CCc1cc(OCOCC[Si](C)(C)C)ccc1-c1noc(-c2ccc(OC(C)C)c(C#N)c2)n1. The predicted octanol–water partition coefficient (Wildman–Crippen LogP) is 6.32. The summed E-state index contributed by atoms with van der Waals surface area (Å²) in [5, 5.41) is 13.7.